The summed E-state index contributed by atoms with van der Waals surface area (Å²) in [5, 5.41) is 6.80. The maximum absolute atomic E-state index is 5.43. The van der Waals surface area contributed by atoms with Crippen LogP contribution in [0.15, 0.2) is 23.2 Å². The fraction of sp³-hybridized carbons (Fsp3) is 0.632. The summed E-state index contributed by atoms with van der Waals surface area (Å²) in [5.41, 5.74) is 1.12. The molecule has 138 valence electrons. The van der Waals surface area contributed by atoms with Gasteiger partial charge in [-0.25, -0.2) is 4.99 Å². The molecule has 25 heavy (non-hydrogen) atoms. The Bertz CT molecular complexity index is 585. The normalized spacial score (nSPS) is 18.4. The Morgan fingerprint density at radius 2 is 2.00 bits per heavy atom. The highest BCUT2D eigenvalue weighted by Gasteiger charge is 2.15. The van der Waals surface area contributed by atoms with Gasteiger partial charge in [0.25, 0.3) is 0 Å². The molecule has 6 nitrogen and oxygen atoms in total. The number of aliphatic imine (C=N–C) groups is 1. The molecule has 1 aromatic rings. The highest BCUT2D eigenvalue weighted by molar-refractivity contribution is 5.79. The van der Waals surface area contributed by atoms with Crippen molar-refractivity contribution in [2.75, 3.05) is 39.5 Å². The Balaban J connectivity index is 1.50. The predicted octanol–water partition coefficient (Wildman–Crippen LogP) is 2.20. The zero-order valence-corrected chi connectivity index (χ0v) is 15.4. The summed E-state index contributed by atoms with van der Waals surface area (Å²) >= 11 is 0. The van der Waals surface area contributed by atoms with Gasteiger partial charge in [-0.15, -0.1) is 0 Å². The number of likely N-dealkylation sites (tertiary alicyclic amines) is 1. The molecule has 2 N–H and O–H groups in total. The molecular weight excluding hydrogens is 316 g/mol. The fourth-order valence-corrected chi connectivity index (χ4v) is 3.29. The summed E-state index contributed by atoms with van der Waals surface area (Å²) < 4.78 is 10.8. The van der Waals surface area contributed by atoms with E-state index in [1.165, 1.54) is 25.9 Å². The van der Waals surface area contributed by atoms with Crippen LogP contribution in [-0.4, -0.2) is 50.4 Å². The minimum Gasteiger partial charge on any atom is -0.454 e. The third-order valence-corrected chi connectivity index (χ3v) is 4.59. The van der Waals surface area contributed by atoms with Gasteiger partial charge >= 0.3 is 0 Å². The fourth-order valence-electron chi connectivity index (χ4n) is 3.29. The number of guanidine groups is 1. The standard InChI is InChI=1S/C19H30N4O2/c1-3-20-19(21-11-15(2)13-23-8-4-5-9-23)22-12-16-6-7-17-18(10-16)25-14-24-17/h6-7,10,15H,3-5,8-9,11-14H2,1-2H3,(H2,20,21,22). The van der Waals surface area contributed by atoms with Crippen molar-refractivity contribution < 1.29 is 9.47 Å². The molecule has 2 heterocycles. The second-order valence-corrected chi connectivity index (χ2v) is 6.88. The second kappa shape index (κ2) is 8.94. The van der Waals surface area contributed by atoms with Crippen LogP contribution in [0, 0.1) is 5.92 Å². The number of nitrogens with zero attached hydrogens (tertiary/aromatic N) is 2. The first-order valence-electron chi connectivity index (χ1n) is 9.37. The first kappa shape index (κ1) is 17.9. The lowest BCUT2D eigenvalue weighted by Crippen LogP contribution is -2.41. The molecule has 3 rings (SSSR count). The van der Waals surface area contributed by atoms with Gasteiger partial charge in [0.15, 0.2) is 17.5 Å². The number of rotatable bonds is 7. The first-order valence-corrected chi connectivity index (χ1v) is 9.37. The lowest BCUT2D eigenvalue weighted by molar-refractivity contribution is 0.174. The molecule has 0 aliphatic carbocycles. The number of ether oxygens (including phenoxy) is 2. The molecule has 1 aromatic carbocycles. The van der Waals surface area contributed by atoms with Gasteiger partial charge in [0, 0.05) is 19.6 Å². The summed E-state index contributed by atoms with van der Waals surface area (Å²) in [6, 6.07) is 5.99. The molecule has 0 saturated carbocycles. The maximum Gasteiger partial charge on any atom is 0.231 e. The predicted molar refractivity (Wildman–Crippen MR) is 100 cm³/mol. The van der Waals surface area contributed by atoms with Crippen molar-refractivity contribution in [1.82, 2.24) is 15.5 Å². The third-order valence-electron chi connectivity index (χ3n) is 4.59. The van der Waals surface area contributed by atoms with Crippen LogP contribution in [0.4, 0.5) is 0 Å². The van der Waals surface area contributed by atoms with Gasteiger partial charge in [-0.05, 0) is 56.5 Å². The van der Waals surface area contributed by atoms with Crippen molar-refractivity contribution in [1.29, 1.82) is 0 Å². The molecule has 2 aliphatic heterocycles. The number of nitrogens with one attached hydrogen (secondary N) is 2. The van der Waals surface area contributed by atoms with Crippen LogP contribution in [0.5, 0.6) is 11.5 Å². The summed E-state index contributed by atoms with van der Waals surface area (Å²) in [7, 11) is 0. The van der Waals surface area contributed by atoms with Gasteiger partial charge in [-0.1, -0.05) is 13.0 Å². The van der Waals surface area contributed by atoms with Gasteiger partial charge in [-0.3, -0.25) is 0 Å². The average molecular weight is 346 g/mol. The Kier molecular flexibility index (Phi) is 6.39. The lowest BCUT2D eigenvalue weighted by atomic mass is 10.1. The molecule has 1 fully saturated rings. The van der Waals surface area contributed by atoms with E-state index in [0.717, 1.165) is 42.7 Å². The lowest BCUT2D eigenvalue weighted by Gasteiger charge is -2.21. The van der Waals surface area contributed by atoms with Crippen LogP contribution >= 0.6 is 0 Å². The van der Waals surface area contributed by atoms with Crippen molar-refractivity contribution in [2.24, 2.45) is 10.9 Å². The van der Waals surface area contributed by atoms with E-state index in [2.05, 4.69) is 29.4 Å². The van der Waals surface area contributed by atoms with Crippen LogP contribution < -0.4 is 20.1 Å². The molecule has 1 saturated heterocycles. The number of benzene rings is 1. The van der Waals surface area contributed by atoms with E-state index >= 15 is 0 Å². The highest BCUT2D eigenvalue weighted by Crippen LogP contribution is 2.32. The molecule has 0 bridgehead atoms. The average Bonchev–Trinajstić information content (AvgIpc) is 3.28. The minimum absolute atomic E-state index is 0.307. The largest absolute Gasteiger partial charge is 0.454 e. The molecule has 6 heteroatoms. The van der Waals surface area contributed by atoms with Crippen LogP contribution in [0.25, 0.3) is 0 Å². The highest BCUT2D eigenvalue weighted by atomic mass is 16.7. The maximum atomic E-state index is 5.43. The van der Waals surface area contributed by atoms with Crippen molar-refractivity contribution >= 4 is 5.96 Å². The summed E-state index contributed by atoms with van der Waals surface area (Å²) in [5.74, 6) is 3.10. The SMILES string of the molecule is CCNC(=NCc1ccc2c(c1)OCO2)NCC(C)CN1CCCC1. The van der Waals surface area contributed by atoms with Gasteiger partial charge in [0.2, 0.25) is 6.79 Å². The number of fused-ring (bicyclic) bond motifs is 1. The van der Waals surface area contributed by atoms with E-state index < -0.39 is 0 Å². The van der Waals surface area contributed by atoms with Gasteiger partial charge in [0.05, 0.1) is 6.54 Å². The molecule has 1 unspecified atom stereocenters. The number of hydrogen-bond donors (Lipinski definition) is 2. The molecule has 1 atom stereocenters. The third kappa shape index (κ3) is 5.26. The second-order valence-electron chi connectivity index (χ2n) is 6.88. The molecule has 0 amide bonds. The van der Waals surface area contributed by atoms with E-state index in [1.807, 2.05) is 18.2 Å². The summed E-state index contributed by atoms with van der Waals surface area (Å²) in [4.78, 5) is 7.26. The first-order chi connectivity index (χ1) is 12.2. The van der Waals surface area contributed by atoms with Gasteiger partial charge in [0.1, 0.15) is 0 Å². The van der Waals surface area contributed by atoms with E-state index in [4.69, 9.17) is 14.5 Å². The Hall–Kier alpha value is -1.95. The number of hydrogen-bond acceptors (Lipinski definition) is 4. The Morgan fingerprint density at radius 1 is 1.20 bits per heavy atom. The quantitative estimate of drug-likeness (QED) is 0.586. The molecule has 2 aliphatic rings. The Morgan fingerprint density at radius 3 is 2.80 bits per heavy atom. The molecule has 0 radical (unpaired) electrons. The van der Waals surface area contributed by atoms with E-state index in [-0.39, 0.29) is 0 Å². The van der Waals surface area contributed by atoms with E-state index in [0.29, 0.717) is 19.3 Å². The van der Waals surface area contributed by atoms with E-state index in [1.54, 1.807) is 0 Å². The van der Waals surface area contributed by atoms with Crippen LogP contribution in [-0.2, 0) is 6.54 Å². The van der Waals surface area contributed by atoms with Crippen LogP contribution in [0.2, 0.25) is 0 Å². The van der Waals surface area contributed by atoms with Crippen molar-refractivity contribution in [3.8, 4) is 11.5 Å². The zero-order valence-electron chi connectivity index (χ0n) is 15.4. The van der Waals surface area contributed by atoms with Crippen molar-refractivity contribution in [3.05, 3.63) is 23.8 Å². The van der Waals surface area contributed by atoms with Gasteiger partial charge < -0.3 is 25.0 Å². The van der Waals surface area contributed by atoms with Crippen molar-refractivity contribution in [3.63, 3.8) is 0 Å². The topological polar surface area (TPSA) is 58.1 Å². The van der Waals surface area contributed by atoms with Gasteiger partial charge in [-0.2, -0.15) is 0 Å². The smallest absolute Gasteiger partial charge is 0.231 e. The zero-order chi connectivity index (χ0) is 17.5. The van der Waals surface area contributed by atoms with Crippen LogP contribution in [0.3, 0.4) is 0 Å². The molecule has 0 spiro atoms. The monoisotopic (exact) mass is 346 g/mol. The van der Waals surface area contributed by atoms with E-state index in [9.17, 15) is 0 Å². The molecular formula is C19H30N4O2. The minimum atomic E-state index is 0.307. The van der Waals surface area contributed by atoms with Crippen LogP contribution in [0.1, 0.15) is 32.3 Å². The summed E-state index contributed by atoms with van der Waals surface area (Å²) in [6.45, 7) is 10.8. The molecule has 0 aromatic heterocycles. The Labute approximate surface area is 150 Å². The summed E-state index contributed by atoms with van der Waals surface area (Å²) in [6.07, 6.45) is 2.69. The van der Waals surface area contributed by atoms with Crippen molar-refractivity contribution in [2.45, 2.75) is 33.2 Å².